The first-order chi connectivity index (χ1) is 15.3. The zero-order valence-electron chi connectivity index (χ0n) is 19.4. The number of amides is 1. The molecule has 6 nitrogen and oxygen atoms in total. The number of aryl methyl sites for hydroxylation is 2. The van der Waals surface area contributed by atoms with E-state index in [1.165, 1.54) is 0 Å². The summed E-state index contributed by atoms with van der Waals surface area (Å²) in [6, 6.07) is 10.9. The van der Waals surface area contributed by atoms with Crippen LogP contribution < -0.4 is 10.2 Å². The maximum atomic E-state index is 13.6. The van der Waals surface area contributed by atoms with Crippen LogP contribution in [-0.2, 0) is 0 Å². The number of carbonyl (C=O) groups excluding carboxylic acids is 1. The Morgan fingerprint density at radius 1 is 1.06 bits per heavy atom. The predicted octanol–water partition coefficient (Wildman–Crippen LogP) is 4.31. The van der Waals surface area contributed by atoms with E-state index in [2.05, 4.69) is 4.90 Å². The molecule has 1 aliphatic heterocycles. The third-order valence-electron chi connectivity index (χ3n) is 6.09. The molecular formula is C26H30N2O4. The fraction of sp³-hybridized carbons (Fsp3) is 0.385. The van der Waals surface area contributed by atoms with Gasteiger partial charge in [0.2, 0.25) is 5.76 Å². The number of carbonyl (C=O) groups is 1. The molecule has 3 aromatic rings. The molecule has 0 bridgehead atoms. The van der Waals surface area contributed by atoms with E-state index in [9.17, 15) is 9.59 Å². The van der Waals surface area contributed by atoms with Gasteiger partial charge in [0.1, 0.15) is 11.3 Å². The molecule has 1 aliphatic rings. The maximum absolute atomic E-state index is 13.6. The van der Waals surface area contributed by atoms with Crippen molar-refractivity contribution in [3.8, 4) is 5.75 Å². The van der Waals surface area contributed by atoms with Crippen molar-refractivity contribution >= 4 is 16.9 Å². The van der Waals surface area contributed by atoms with Gasteiger partial charge in [-0.05, 0) is 88.8 Å². The smallest absolute Gasteiger partial charge is 0.290 e. The van der Waals surface area contributed by atoms with Gasteiger partial charge in [0.15, 0.2) is 5.43 Å². The highest BCUT2D eigenvalue weighted by molar-refractivity contribution is 5.99. The number of benzene rings is 2. The summed E-state index contributed by atoms with van der Waals surface area (Å²) < 4.78 is 11.7. The molecular weight excluding hydrogens is 404 g/mol. The van der Waals surface area contributed by atoms with Crippen molar-refractivity contribution in [2.45, 2.75) is 33.2 Å². The summed E-state index contributed by atoms with van der Waals surface area (Å²) in [7, 11) is 4.01. The second-order valence-corrected chi connectivity index (χ2v) is 8.67. The zero-order chi connectivity index (χ0) is 23.0. The topological polar surface area (TPSA) is 63.0 Å². The molecule has 1 aromatic heterocycles. The van der Waals surface area contributed by atoms with E-state index in [4.69, 9.17) is 9.15 Å². The second-order valence-electron chi connectivity index (χ2n) is 8.67. The van der Waals surface area contributed by atoms with E-state index < -0.39 is 6.04 Å². The summed E-state index contributed by atoms with van der Waals surface area (Å²) >= 11 is 0. The fourth-order valence-corrected chi connectivity index (χ4v) is 4.32. The first-order valence-electron chi connectivity index (χ1n) is 11.1. The summed E-state index contributed by atoms with van der Waals surface area (Å²) in [6.45, 7) is 7.84. The van der Waals surface area contributed by atoms with Gasteiger partial charge in [0.25, 0.3) is 5.91 Å². The molecule has 1 amide bonds. The van der Waals surface area contributed by atoms with Gasteiger partial charge in [-0.25, -0.2) is 0 Å². The van der Waals surface area contributed by atoms with Gasteiger partial charge in [-0.15, -0.1) is 0 Å². The van der Waals surface area contributed by atoms with Crippen LogP contribution in [0.3, 0.4) is 0 Å². The Morgan fingerprint density at radius 2 is 1.75 bits per heavy atom. The zero-order valence-corrected chi connectivity index (χ0v) is 19.4. The Hall–Kier alpha value is -3.12. The third kappa shape index (κ3) is 3.91. The molecule has 6 heteroatoms. The van der Waals surface area contributed by atoms with Crippen molar-refractivity contribution in [3.63, 3.8) is 0 Å². The number of hydrogen-bond acceptors (Lipinski definition) is 5. The Balaban J connectivity index is 1.86. The summed E-state index contributed by atoms with van der Waals surface area (Å²) in [4.78, 5) is 30.9. The normalized spacial score (nSPS) is 15.6. The quantitative estimate of drug-likeness (QED) is 0.555. The van der Waals surface area contributed by atoms with Gasteiger partial charge >= 0.3 is 0 Å². The molecule has 0 aliphatic carbocycles. The van der Waals surface area contributed by atoms with Crippen molar-refractivity contribution in [2.24, 2.45) is 0 Å². The van der Waals surface area contributed by atoms with E-state index in [0.717, 1.165) is 35.4 Å². The summed E-state index contributed by atoms with van der Waals surface area (Å²) in [5.74, 6) is 0.695. The van der Waals surface area contributed by atoms with Crippen LogP contribution in [0.15, 0.2) is 45.6 Å². The maximum Gasteiger partial charge on any atom is 0.290 e. The van der Waals surface area contributed by atoms with Gasteiger partial charge in [0, 0.05) is 6.54 Å². The number of hydrogen-bond donors (Lipinski definition) is 0. The van der Waals surface area contributed by atoms with Crippen LogP contribution in [0.1, 0.15) is 52.2 Å². The standard InChI is InChI=1S/C26H30N2O4/c1-6-31-19-10-8-18(9-11-19)23-22-24(29)20-14-16(2)17(3)15-21(20)32-25(22)26(30)28(23)13-7-12-27(4)5/h8-11,14-15,23H,6-7,12-13H2,1-5H3. The molecule has 32 heavy (non-hydrogen) atoms. The van der Waals surface area contributed by atoms with Crippen LogP contribution in [0.4, 0.5) is 0 Å². The Kier molecular flexibility index (Phi) is 6.07. The average Bonchev–Trinajstić information content (AvgIpc) is 3.02. The number of rotatable bonds is 7. The van der Waals surface area contributed by atoms with E-state index >= 15 is 0 Å². The van der Waals surface area contributed by atoms with Gasteiger partial charge < -0.3 is 19.0 Å². The minimum Gasteiger partial charge on any atom is -0.494 e. The molecule has 2 aromatic carbocycles. The van der Waals surface area contributed by atoms with Crippen molar-refractivity contribution in [1.82, 2.24) is 9.80 Å². The highest BCUT2D eigenvalue weighted by Gasteiger charge is 2.42. The number of fused-ring (bicyclic) bond motifs is 2. The lowest BCUT2D eigenvalue weighted by atomic mass is 9.97. The lowest BCUT2D eigenvalue weighted by molar-refractivity contribution is 0.0722. The van der Waals surface area contributed by atoms with E-state index in [1.54, 1.807) is 4.90 Å². The number of nitrogens with zero attached hydrogens (tertiary/aromatic N) is 2. The van der Waals surface area contributed by atoms with Crippen molar-refractivity contribution in [3.05, 3.63) is 74.6 Å². The second kappa shape index (κ2) is 8.79. The molecule has 0 saturated carbocycles. The first kappa shape index (κ1) is 22.1. The van der Waals surface area contributed by atoms with Gasteiger partial charge in [-0.3, -0.25) is 9.59 Å². The Morgan fingerprint density at radius 3 is 2.41 bits per heavy atom. The van der Waals surface area contributed by atoms with Crippen LogP contribution in [0.2, 0.25) is 0 Å². The molecule has 2 heterocycles. The van der Waals surface area contributed by atoms with Crippen LogP contribution in [0, 0.1) is 13.8 Å². The lowest BCUT2D eigenvalue weighted by Gasteiger charge is -2.26. The van der Waals surface area contributed by atoms with Crippen LogP contribution in [0.25, 0.3) is 11.0 Å². The number of ether oxygens (including phenoxy) is 1. The van der Waals surface area contributed by atoms with Gasteiger partial charge in [-0.1, -0.05) is 12.1 Å². The van der Waals surface area contributed by atoms with Gasteiger partial charge in [0.05, 0.1) is 23.6 Å². The molecule has 0 radical (unpaired) electrons. The molecule has 1 atom stereocenters. The Labute approximate surface area is 188 Å². The lowest BCUT2D eigenvalue weighted by Crippen LogP contribution is -2.32. The highest BCUT2D eigenvalue weighted by Crippen LogP contribution is 2.39. The SMILES string of the molecule is CCOc1ccc(C2c3c(oc4cc(C)c(C)cc4c3=O)C(=O)N2CCCN(C)C)cc1. The molecule has 1 unspecified atom stereocenters. The van der Waals surface area contributed by atoms with E-state index in [0.29, 0.717) is 29.7 Å². The monoisotopic (exact) mass is 434 g/mol. The Bertz CT molecular complexity index is 1210. The molecule has 4 rings (SSSR count). The largest absolute Gasteiger partial charge is 0.494 e. The molecule has 0 N–H and O–H groups in total. The summed E-state index contributed by atoms with van der Waals surface area (Å²) in [6.07, 6.45) is 0.798. The van der Waals surface area contributed by atoms with Crippen LogP contribution in [-0.4, -0.2) is 49.5 Å². The van der Waals surface area contributed by atoms with Gasteiger partial charge in [-0.2, -0.15) is 0 Å². The van der Waals surface area contributed by atoms with Crippen molar-refractivity contribution < 1.29 is 13.9 Å². The fourth-order valence-electron chi connectivity index (χ4n) is 4.32. The summed E-state index contributed by atoms with van der Waals surface area (Å²) in [5.41, 5.74) is 3.68. The molecule has 0 spiro atoms. The predicted molar refractivity (Wildman–Crippen MR) is 126 cm³/mol. The van der Waals surface area contributed by atoms with E-state index in [1.807, 2.05) is 71.3 Å². The van der Waals surface area contributed by atoms with Crippen molar-refractivity contribution in [2.75, 3.05) is 33.8 Å². The minimum atomic E-state index is -0.474. The average molecular weight is 435 g/mol. The van der Waals surface area contributed by atoms with Crippen LogP contribution >= 0.6 is 0 Å². The summed E-state index contributed by atoms with van der Waals surface area (Å²) in [5, 5.41) is 0.519. The highest BCUT2D eigenvalue weighted by atomic mass is 16.5. The molecule has 0 fully saturated rings. The molecule has 168 valence electrons. The van der Waals surface area contributed by atoms with Crippen molar-refractivity contribution in [1.29, 1.82) is 0 Å². The van der Waals surface area contributed by atoms with E-state index in [-0.39, 0.29) is 17.1 Å². The first-order valence-corrected chi connectivity index (χ1v) is 11.1. The van der Waals surface area contributed by atoms with Crippen LogP contribution in [0.5, 0.6) is 5.75 Å². The third-order valence-corrected chi connectivity index (χ3v) is 6.09. The molecule has 0 saturated heterocycles. The minimum absolute atomic E-state index is 0.133.